The molecule has 0 saturated carbocycles. The first-order valence-corrected chi connectivity index (χ1v) is 15.3. The number of quaternary nitrogens is 2. The number of rotatable bonds is 22. The summed E-state index contributed by atoms with van der Waals surface area (Å²) in [6.07, 6.45) is 20.4. The van der Waals surface area contributed by atoms with Gasteiger partial charge in [0.1, 0.15) is 13.1 Å². The second-order valence-electron chi connectivity index (χ2n) is 11.2. The average molecular weight is 499 g/mol. The van der Waals surface area contributed by atoms with Crippen LogP contribution >= 0.6 is 12.4 Å². The molecule has 0 heterocycles. The van der Waals surface area contributed by atoms with Gasteiger partial charge in [0.25, 0.3) is 0 Å². The minimum atomic E-state index is -3.88. The molecule has 7 heteroatoms. The fraction of sp³-hybridized carbons (Fsp3) is 1.00. The third-order valence-electron chi connectivity index (χ3n) is 6.70. The quantitative estimate of drug-likeness (QED) is 0.107. The van der Waals surface area contributed by atoms with E-state index in [9.17, 15) is 0 Å². The number of likely N-dealkylation sites (N-methyl/N-ethyl adjacent to an activating group) is 2. The Balaban J connectivity index is 0. The summed E-state index contributed by atoms with van der Waals surface area (Å²) < 4.78 is 1.92. The minimum absolute atomic E-state index is 0. The van der Waals surface area contributed by atoms with E-state index in [4.69, 9.17) is 14.4 Å². The molecule has 0 fully saturated rings. The molecule has 0 atom stereocenters. The molecule has 0 aliphatic heterocycles. The highest BCUT2D eigenvalue weighted by Gasteiger charge is 2.28. The SMILES string of the molecule is CCCCCCCCCCCCCCCC[N+](C)(C)CC[N+](C)(C)CCC[Si](O)(O)O.Cl. The van der Waals surface area contributed by atoms with E-state index in [0.717, 1.165) is 28.6 Å². The Labute approximate surface area is 208 Å². The first kappa shape index (κ1) is 34.5. The van der Waals surface area contributed by atoms with Gasteiger partial charge < -0.3 is 23.4 Å². The summed E-state index contributed by atoms with van der Waals surface area (Å²) in [7, 11) is 5.17. The second-order valence-corrected chi connectivity index (χ2v) is 13.3. The van der Waals surface area contributed by atoms with Gasteiger partial charge in [0.05, 0.1) is 41.3 Å². The zero-order valence-electron chi connectivity index (χ0n) is 22.3. The van der Waals surface area contributed by atoms with Gasteiger partial charge in [-0.15, -0.1) is 12.4 Å². The fourth-order valence-corrected chi connectivity index (χ4v) is 4.88. The number of nitrogens with zero attached hydrogens (tertiary/aromatic N) is 2. The van der Waals surface area contributed by atoms with Crippen LogP contribution in [0.4, 0.5) is 0 Å². The van der Waals surface area contributed by atoms with E-state index in [1.807, 2.05) is 0 Å². The molecular weight excluding hydrogens is 440 g/mol. The lowest BCUT2D eigenvalue weighted by Gasteiger charge is -2.36. The zero-order chi connectivity index (χ0) is 23.6. The van der Waals surface area contributed by atoms with Crippen molar-refractivity contribution < 1.29 is 23.4 Å². The van der Waals surface area contributed by atoms with Gasteiger partial charge in [-0.05, 0) is 12.8 Å². The third-order valence-corrected chi connectivity index (χ3v) is 7.73. The van der Waals surface area contributed by atoms with Crippen LogP contribution in [0, 0.1) is 0 Å². The lowest BCUT2D eigenvalue weighted by molar-refractivity contribution is -0.946. The summed E-state index contributed by atoms with van der Waals surface area (Å²) >= 11 is 0. The monoisotopic (exact) mass is 498 g/mol. The average Bonchev–Trinajstić information content (AvgIpc) is 2.66. The van der Waals surface area contributed by atoms with E-state index in [0.29, 0.717) is 6.42 Å². The van der Waals surface area contributed by atoms with E-state index in [-0.39, 0.29) is 18.5 Å². The summed E-state index contributed by atoms with van der Waals surface area (Å²) in [4.78, 5) is 27.5. The predicted octanol–water partition coefficient (Wildman–Crippen LogP) is 5.35. The smallest absolute Gasteiger partial charge is 0.390 e. The van der Waals surface area contributed by atoms with Crippen molar-refractivity contribution in [3.63, 3.8) is 0 Å². The summed E-state index contributed by atoms with van der Waals surface area (Å²) in [6, 6.07) is 0.145. The van der Waals surface area contributed by atoms with E-state index in [1.54, 1.807) is 0 Å². The standard InChI is InChI=1S/C25H58N2O3Si.ClH/c1-6-7-8-9-10-11-12-13-14-15-16-17-18-19-21-26(2,3)23-24-27(4,5)22-20-25-31(28,29)30;/h28-30H,6-25H2,1-5H3;1H/q+2;. The van der Waals surface area contributed by atoms with Gasteiger partial charge in [0.2, 0.25) is 0 Å². The van der Waals surface area contributed by atoms with Crippen molar-refractivity contribution in [3.8, 4) is 0 Å². The molecule has 0 bridgehead atoms. The maximum atomic E-state index is 9.17. The van der Waals surface area contributed by atoms with Crippen molar-refractivity contribution in [1.29, 1.82) is 0 Å². The van der Waals surface area contributed by atoms with Gasteiger partial charge in [-0.2, -0.15) is 0 Å². The van der Waals surface area contributed by atoms with Gasteiger partial charge in [0.15, 0.2) is 0 Å². The van der Waals surface area contributed by atoms with Crippen molar-refractivity contribution in [3.05, 3.63) is 0 Å². The van der Waals surface area contributed by atoms with Gasteiger partial charge in [0, 0.05) is 12.5 Å². The zero-order valence-corrected chi connectivity index (χ0v) is 24.1. The molecule has 0 spiro atoms. The summed E-state index contributed by atoms with van der Waals surface area (Å²) in [5, 5.41) is 0. The maximum Gasteiger partial charge on any atom is 0.492 e. The largest absolute Gasteiger partial charge is 0.492 e. The Hall–Kier alpha value is 0.307. The van der Waals surface area contributed by atoms with Crippen LogP contribution in [0.15, 0.2) is 0 Å². The first-order valence-electron chi connectivity index (χ1n) is 13.3. The molecule has 0 rings (SSSR count). The van der Waals surface area contributed by atoms with Crippen molar-refractivity contribution in [2.24, 2.45) is 0 Å². The molecule has 32 heavy (non-hydrogen) atoms. The highest BCUT2D eigenvalue weighted by molar-refractivity contribution is 6.56. The number of unbranched alkanes of at least 4 members (excludes halogenated alkanes) is 13. The fourth-order valence-electron chi connectivity index (χ4n) is 4.24. The van der Waals surface area contributed by atoms with E-state index < -0.39 is 8.80 Å². The molecule has 0 aliphatic rings. The van der Waals surface area contributed by atoms with Crippen molar-refractivity contribution in [2.45, 2.75) is 109 Å². The lowest BCUT2D eigenvalue weighted by atomic mass is 10.0. The van der Waals surface area contributed by atoms with Gasteiger partial charge in [-0.3, -0.25) is 0 Å². The molecule has 0 aromatic heterocycles. The Bertz CT molecular complexity index is 418. The molecule has 3 N–H and O–H groups in total. The third kappa shape index (κ3) is 24.9. The lowest BCUT2D eigenvalue weighted by Crippen LogP contribution is -2.51. The van der Waals surface area contributed by atoms with Gasteiger partial charge >= 0.3 is 8.80 Å². The number of hydrogen-bond acceptors (Lipinski definition) is 3. The molecule has 0 unspecified atom stereocenters. The van der Waals surface area contributed by atoms with E-state index >= 15 is 0 Å². The Morgan fingerprint density at radius 3 is 1.12 bits per heavy atom. The van der Waals surface area contributed by atoms with Crippen LogP contribution < -0.4 is 0 Å². The maximum absolute atomic E-state index is 9.17. The van der Waals surface area contributed by atoms with Crippen LogP contribution in [0.1, 0.15) is 103 Å². The predicted molar refractivity (Wildman–Crippen MR) is 143 cm³/mol. The molecular formula is C25H59ClN2O3Si+2. The number of halogens is 1. The Morgan fingerprint density at radius 2 is 0.781 bits per heavy atom. The molecule has 0 aromatic rings. The molecule has 0 saturated heterocycles. The van der Waals surface area contributed by atoms with Crippen LogP contribution in [-0.4, -0.2) is 86.5 Å². The van der Waals surface area contributed by atoms with Crippen LogP contribution in [0.3, 0.4) is 0 Å². The highest BCUT2D eigenvalue weighted by atomic mass is 35.5. The summed E-state index contributed by atoms with van der Waals surface area (Å²) in [5.41, 5.74) is 0. The van der Waals surface area contributed by atoms with Crippen molar-refractivity contribution in [2.75, 3.05) is 54.4 Å². The van der Waals surface area contributed by atoms with E-state index in [2.05, 4.69) is 35.1 Å². The Kier molecular flexibility index (Phi) is 21.1. The second kappa shape index (κ2) is 19.6. The number of hydrogen-bond donors (Lipinski definition) is 3. The minimum Gasteiger partial charge on any atom is -0.390 e. The topological polar surface area (TPSA) is 60.7 Å². The molecule has 0 aliphatic carbocycles. The molecule has 0 radical (unpaired) electrons. The van der Waals surface area contributed by atoms with Crippen LogP contribution in [-0.2, 0) is 0 Å². The Morgan fingerprint density at radius 1 is 0.469 bits per heavy atom. The highest BCUT2D eigenvalue weighted by Crippen LogP contribution is 2.14. The van der Waals surface area contributed by atoms with E-state index in [1.165, 1.54) is 96.4 Å². The summed E-state index contributed by atoms with van der Waals surface area (Å²) in [5.74, 6) is 0. The first-order chi connectivity index (χ1) is 14.5. The normalized spacial score (nSPS) is 12.8. The van der Waals surface area contributed by atoms with Crippen molar-refractivity contribution in [1.82, 2.24) is 0 Å². The van der Waals surface area contributed by atoms with Gasteiger partial charge in [-0.1, -0.05) is 84.0 Å². The van der Waals surface area contributed by atoms with Gasteiger partial charge in [-0.25, -0.2) is 0 Å². The molecule has 5 nitrogen and oxygen atoms in total. The van der Waals surface area contributed by atoms with Crippen molar-refractivity contribution >= 4 is 21.2 Å². The van der Waals surface area contributed by atoms with Crippen LogP contribution in [0.5, 0.6) is 0 Å². The molecule has 196 valence electrons. The molecule has 0 amide bonds. The van der Waals surface area contributed by atoms with Crippen LogP contribution in [0.25, 0.3) is 0 Å². The molecule has 0 aromatic carbocycles. The summed E-state index contributed by atoms with van der Waals surface area (Å²) in [6.45, 7) is 6.59. The van der Waals surface area contributed by atoms with Crippen LogP contribution in [0.2, 0.25) is 6.04 Å².